The maximum Gasteiger partial charge on any atom is 0.0859 e. The third kappa shape index (κ3) is 1.82. The molecule has 0 aliphatic carbocycles. The Kier molecular flexibility index (Phi) is 2.47. The van der Waals surface area contributed by atoms with Crippen molar-refractivity contribution in [2.45, 2.75) is 4.90 Å². The summed E-state index contributed by atoms with van der Waals surface area (Å²) in [5, 5.41) is 8.90. The summed E-state index contributed by atoms with van der Waals surface area (Å²) in [6.07, 6.45) is 3.82. The van der Waals surface area contributed by atoms with Crippen LogP contribution in [0.15, 0.2) is 39.6 Å². The second-order valence-corrected chi connectivity index (χ2v) is 3.51. The van der Waals surface area contributed by atoms with Crippen molar-refractivity contribution < 1.29 is 5.11 Å². The van der Waals surface area contributed by atoms with Crippen molar-refractivity contribution >= 4 is 23.7 Å². The predicted molar refractivity (Wildman–Crippen MR) is 55.9 cm³/mol. The number of benzene rings is 1. The number of nitrogens with zero attached hydrogens (tertiary/aromatic N) is 1. The van der Waals surface area contributed by atoms with Crippen molar-refractivity contribution in [2.24, 2.45) is 4.40 Å². The molecule has 1 aliphatic rings. The first-order valence-corrected chi connectivity index (χ1v) is 4.79. The van der Waals surface area contributed by atoms with Crippen molar-refractivity contribution in [1.82, 2.24) is 0 Å². The topological polar surface area (TPSA) is 32.6 Å². The molecule has 1 heterocycles. The Morgan fingerprint density at radius 1 is 1.23 bits per heavy atom. The predicted octanol–water partition coefficient (Wildman–Crippen LogP) is 2.15. The summed E-state index contributed by atoms with van der Waals surface area (Å²) in [5.41, 5.74) is 1.86. The molecular formula is C10H9NOS. The smallest absolute Gasteiger partial charge is 0.0859 e. The molecule has 0 radical (unpaired) electrons. The van der Waals surface area contributed by atoms with Gasteiger partial charge in [-0.1, -0.05) is 24.3 Å². The van der Waals surface area contributed by atoms with E-state index in [4.69, 9.17) is 5.11 Å². The van der Waals surface area contributed by atoms with Crippen LogP contribution in [0.3, 0.4) is 0 Å². The summed E-state index contributed by atoms with van der Waals surface area (Å²) in [6, 6.07) is 8.04. The minimum Gasteiger partial charge on any atom is -0.390 e. The van der Waals surface area contributed by atoms with Crippen molar-refractivity contribution in [3.8, 4) is 0 Å². The van der Waals surface area contributed by atoms with Crippen LogP contribution in [0.2, 0.25) is 0 Å². The Labute approximate surface area is 81.1 Å². The summed E-state index contributed by atoms with van der Waals surface area (Å²) in [4.78, 5) is 1.13. The van der Waals surface area contributed by atoms with Gasteiger partial charge in [0.05, 0.1) is 12.3 Å². The molecule has 13 heavy (non-hydrogen) atoms. The van der Waals surface area contributed by atoms with Gasteiger partial charge in [-0.3, -0.25) is 0 Å². The summed E-state index contributed by atoms with van der Waals surface area (Å²) in [6.45, 7) is -0.00249. The first kappa shape index (κ1) is 8.53. The molecule has 0 bridgehead atoms. The van der Waals surface area contributed by atoms with Crippen LogP contribution in [0.1, 0.15) is 5.56 Å². The Balaban J connectivity index is 2.39. The Hall–Kier alpha value is -1.06. The van der Waals surface area contributed by atoms with E-state index in [1.165, 1.54) is 11.9 Å². The third-order valence-corrected chi connectivity index (χ3v) is 2.69. The molecule has 66 valence electrons. The van der Waals surface area contributed by atoms with Crippen molar-refractivity contribution in [3.63, 3.8) is 0 Å². The van der Waals surface area contributed by atoms with E-state index >= 15 is 0 Å². The van der Waals surface area contributed by atoms with Gasteiger partial charge in [-0.05, 0) is 17.7 Å². The van der Waals surface area contributed by atoms with Crippen LogP contribution in [0.5, 0.6) is 0 Å². The molecule has 0 saturated heterocycles. The highest BCUT2D eigenvalue weighted by molar-refractivity contribution is 7.98. The van der Waals surface area contributed by atoms with Crippen molar-refractivity contribution in [2.75, 3.05) is 6.61 Å². The standard InChI is InChI=1S/C10H9NOS/c12-7-9-6-5-8-3-1-2-4-10(8)13-11-9/h1-6,12H,7H2. The molecule has 3 heteroatoms. The van der Waals surface area contributed by atoms with Crippen molar-refractivity contribution in [3.05, 3.63) is 35.9 Å². The van der Waals surface area contributed by atoms with Crippen LogP contribution in [-0.4, -0.2) is 17.4 Å². The number of fused-ring (bicyclic) bond motifs is 1. The van der Waals surface area contributed by atoms with Crippen LogP contribution >= 0.6 is 11.9 Å². The van der Waals surface area contributed by atoms with E-state index in [0.717, 1.165) is 10.5 Å². The van der Waals surface area contributed by atoms with E-state index in [1.54, 1.807) is 0 Å². The highest BCUT2D eigenvalue weighted by atomic mass is 32.2. The van der Waals surface area contributed by atoms with E-state index < -0.39 is 0 Å². The fraction of sp³-hybridized carbons (Fsp3) is 0.100. The average molecular weight is 191 g/mol. The van der Waals surface area contributed by atoms with Gasteiger partial charge >= 0.3 is 0 Å². The Morgan fingerprint density at radius 3 is 2.92 bits per heavy atom. The number of rotatable bonds is 1. The van der Waals surface area contributed by atoms with Crippen LogP contribution in [0.25, 0.3) is 6.08 Å². The lowest BCUT2D eigenvalue weighted by Gasteiger charge is -1.97. The molecule has 1 aliphatic heterocycles. The van der Waals surface area contributed by atoms with Gasteiger partial charge in [0.2, 0.25) is 0 Å². The minimum atomic E-state index is -0.00249. The molecule has 1 N–H and O–H groups in total. The third-order valence-electron chi connectivity index (χ3n) is 1.80. The molecule has 0 saturated carbocycles. The lowest BCUT2D eigenvalue weighted by Crippen LogP contribution is -1.97. The summed E-state index contributed by atoms with van der Waals surface area (Å²) < 4.78 is 4.18. The van der Waals surface area contributed by atoms with E-state index in [9.17, 15) is 0 Å². The van der Waals surface area contributed by atoms with E-state index in [2.05, 4.69) is 4.40 Å². The van der Waals surface area contributed by atoms with Gasteiger partial charge in [0, 0.05) is 16.8 Å². The quantitative estimate of drug-likeness (QED) is 0.690. The van der Waals surface area contributed by atoms with E-state index in [0.29, 0.717) is 5.71 Å². The zero-order valence-electron chi connectivity index (χ0n) is 6.97. The summed E-state index contributed by atoms with van der Waals surface area (Å²) in [5.74, 6) is 0. The Morgan fingerprint density at radius 2 is 2.08 bits per heavy atom. The largest absolute Gasteiger partial charge is 0.390 e. The molecule has 0 amide bonds. The van der Waals surface area contributed by atoms with Crippen molar-refractivity contribution in [1.29, 1.82) is 0 Å². The van der Waals surface area contributed by atoms with Crippen LogP contribution in [-0.2, 0) is 0 Å². The molecule has 0 fully saturated rings. The van der Waals surface area contributed by atoms with Gasteiger partial charge in [-0.2, -0.15) is 0 Å². The van der Waals surface area contributed by atoms with Gasteiger partial charge in [0.1, 0.15) is 0 Å². The first-order chi connectivity index (χ1) is 6.40. The molecule has 1 aromatic rings. The SMILES string of the molecule is OCC1=NSc2ccccc2C=C1. The van der Waals surface area contributed by atoms with Crippen LogP contribution < -0.4 is 0 Å². The lowest BCUT2D eigenvalue weighted by atomic mass is 10.2. The normalized spacial score (nSPS) is 14.7. The van der Waals surface area contributed by atoms with Crippen LogP contribution in [0.4, 0.5) is 0 Å². The van der Waals surface area contributed by atoms with Crippen LogP contribution in [0, 0.1) is 0 Å². The van der Waals surface area contributed by atoms with E-state index in [1.807, 2.05) is 36.4 Å². The maximum atomic E-state index is 8.90. The number of aliphatic hydroxyl groups excluding tert-OH is 1. The summed E-state index contributed by atoms with van der Waals surface area (Å²) >= 11 is 1.41. The minimum absolute atomic E-state index is 0.00249. The molecule has 2 nitrogen and oxygen atoms in total. The molecule has 0 unspecified atom stereocenters. The number of hydrogen-bond donors (Lipinski definition) is 1. The molecule has 1 aromatic carbocycles. The Bertz CT molecular complexity index is 371. The van der Waals surface area contributed by atoms with Gasteiger partial charge < -0.3 is 5.11 Å². The second-order valence-electron chi connectivity index (χ2n) is 2.70. The molecular weight excluding hydrogens is 182 g/mol. The second kappa shape index (κ2) is 3.77. The fourth-order valence-electron chi connectivity index (χ4n) is 1.11. The van der Waals surface area contributed by atoms with Gasteiger partial charge in [-0.15, -0.1) is 0 Å². The summed E-state index contributed by atoms with van der Waals surface area (Å²) in [7, 11) is 0. The lowest BCUT2D eigenvalue weighted by molar-refractivity contribution is 0.358. The average Bonchev–Trinajstić information content (AvgIpc) is 2.39. The zero-order valence-corrected chi connectivity index (χ0v) is 7.79. The molecule has 0 spiro atoms. The maximum absolute atomic E-state index is 8.90. The highest BCUT2D eigenvalue weighted by Crippen LogP contribution is 2.26. The molecule has 0 atom stereocenters. The molecule has 2 rings (SSSR count). The van der Waals surface area contributed by atoms with Gasteiger partial charge in [-0.25, -0.2) is 4.40 Å². The van der Waals surface area contributed by atoms with Gasteiger partial charge in [0.15, 0.2) is 0 Å². The molecule has 0 aromatic heterocycles. The monoisotopic (exact) mass is 191 g/mol. The zero-order chi connectivity index (χ0) is 9.10. The number of aliphatic hydroxyl groups is 1. The van der Waals surface area contributed by atoms with Gasteiger partial charge in [0.25, 0.3) is 0 Å². The van der Waals surface area contributed by atoms with E-state index in [-0.39, 0.29) is 6.61 Å². The number of hydrogen-bond acceptors (Lipinski definition) is 3. The first-order valence-electron chi connectivity index (χ1n) is 4.02. The fourth-order valence-corrected chi connectivity index (χ4v) is 1.82. The highest BCUT2D eigenvalue weighted by Gasteiger charge is 2.03.